The zero-order valence-corrected chi connectivity index (χ0v) is 11.6. The summed E-state index contributed by atoms with van der Waals surface area (Å²) in [5, 5.41) is 3.49. The molecule has 0 aliphatic heterocycles. The van der Waals surface area contributed by atoms with Crippen LogP contribution in [0.3, 0.4) is 0 Å². The second-order valence-corrected chi connectivity index (χ2v) is 4.60. The Kier molecular flexibility index (Phi) is 6.69. The molecule has 0 bridgehead atoms. The number of benzene rings is 1. The standard InChI is InChI=1S/C13H20BrNO/c1-3-16-10-6-9-15-11(2)12-7-4-5-8-13(12)14/h4-5,7-8,11,15H,3,6,9-10H2,1-2H3/t11-/m1/s1. The Bertz CT molecular complexity index is 304. The van der Waals surface area contributed by atoms with E-state index < -0.39 is 0 Å². The van der Waals surface area contributed by atoms with Gasteiger partial charge in [-0.1, -0.05) is 34.1 Å². The minimum Gasteiger partial charge on any atom is -0.382 e. The largest absolute Gasteiger partial charge is 0.382 e. The summed E-state index contributed by atoms with van der Waals surface area (Å²) in [5.74, 6) is 0. The summed E-state index contributed by atoms with van der Waals surface area (Å²) < 4.78 is 6.46. The number of nitrogens with one attached hydrogen (secondary N) is 1. The Morgan fingerprint density at radius 3 is 2.81 bits per heavy atom. The van der Waals surface area contributed by atoms with Gasteiger partial charge in [0.1, 0.15) is 0 Å². The molecule has 0 aliphatic carbocycles. The van der Waals surface area contributed by atoms with Gasteiger partial charge in [0.05, 0.1) is 0 Å². The molecule has 1 atom stereocenters. The Hall–Kier alpha value is -0.380. The van der Waals surface area contributed by atoms with Crippen molar-refractivity contribution in [3.63, 3.8) is 0 Å². The minimum absolute atomic E-state index is 0.372. The number of rotatable bonds is 7. The molecule has 0 fully saturated rings. The molecule has 16 heavy (non-hydrogen) atoms. The van der Waals surface area contributed by atoms with Crippen molar-refractivity contribution < 1.29 is 4.74 Å². The summed E-state index contributed by atoms with van der Waals surface area (Å²) in [4.78, 5) is 0. The van der Waals surface area contributed by atoms with E-state index >= 15 is 0 Å². The fourth-order valence-electron chi connectivity index (χ4n) is 1.57. The maximum absolute atomic E-state index is 5.30. The molecule has 0 saturated heterocycles. The van der Waals surface area contributed by atoms with Gasteiger partial charge in [-0.25, -0.2) is 0 Å². The topological polar surface area (TPSA) is 21.3 Å². The molecule has 0 spiro atoms. The van der Waals surface area contributed by atoms with Crippen molar-refractivity contribution in [3.8, 4) is 0 Å². The third-order valence-electron chi connectivity index (χ3n) is 2.49. The van der Waals surface area contributed by atoms with E-state index in [2.05, 4.69) is 46.4 Å². The molecule has 2 nitrogen and oxygen atoms in total. The second kappa shape index (κ2) is 7.82. The first-order chi connectivity index (χ1) is 7.75. The molecule has 1 rings (SSSR count). The van der Waals surface area contributed by atoms with Crippen LogP contribution in [0, 0.1) is 0 Å². The molecular formula is C13H20BrNO. The van der Waals surface area contributed by atoms with Gasteiger partial charge in [0.25, 0.3) is 0 Å². The van der Waals surface area contributed by atoms with Gasteiger partial charge in [0.15, 0.2) is 0 Å². The van der Waals surface area contributed by atoms with Crippen LogP contribution < -0.4 is 5.32 Å². The lowest BCUT2D eigenvalue weighted by molar-refractivity contribution is 0.144. The number of ether oxygens (including phenoxy) is 1. The van der Waals surface area contributed by atoms with Crippen LogP contribution in [0.1, 0.15) is 31.9 Å². The maximum Gasteiger partial charge on any atom is 0.0477 e. The van der Waals surface area contributed by atoms with Gasteiger partial charge in [-0.2, -0.15) is 0 Å². The fraction of sp³-hybridized carbons (Fsp3) is 0.538. The number of hydrogen-bond donors (Lipinski definition) is 1. The molecule has 1 aromatic rings. The normalized spacial score (nSPS) is 12.7. The van der Waals surface area contributed by atoms with Crippen molar-refractivity contribution in [1.29, 1.82) is 0 Å². The average Bonchev–Trinajstić information content (AvgIpc) is 2.29. The van der Waals surface area contributed by atoms with E-state index in [1.807, 2.05) is 13.0 Å². The third-order valence-corrected chi connectivity index (χ3v) is 3.21. The van der Waals surface area contributed by atoms with Crippen LogP contribution in [0.15, 0.2) is 28.7 Å². The summed E-state index contributed by atoms with van der Waals surface area (Å²) >= 11 is 3.57. The summed E-state index contributed by atoms with van der Waals surface area (Å²) in [6.45, 7) is 6.84. The zero-order valence-electron chi connectivity index (χ0n) is 10.0. The SMILES string of the molecule is CCOCCCN[C@H](C)c1ccccc1Br. The summed E-state index contributed by atoms with van der Waals surface area (Å²) in [6.07, 6.45) is 1.06. The Balaban J connectivity index is 2.30. The quantitative estimate of drug-likeness (QED) is 0.774. The highest BCUT2D eigenvalue weighted by atomic mass is 79.9. The van der Waals surface area contributed by atoms with E-state index in [0.29, 0.717) is 6.04 Å². The van der Waals surface area contributed by atoms with Crippen LogP contribution in [-0.2, 0) is 4.74 Å². The van der Waals surface area contributed by atoms with Gasteiger partial charge in [-0.15, -0.1) is 0 Å². The third kappa shape index (κ3) is 4.64. The minimum atomic E-state index is 0.372. The van der Waals surface area contributed by atoms with E-state index in [4.69, 9.17) is 4.74 Å². The number of halogens is 1. The first-order valence-corrected chi connectivity index (χ1v) is 6.60. The van der Waals surface area contributed by atoms with Gasteiger partial charge in [-0.3, -0.25) is 0 Å². The maximum atomic E-state index is 5.30. The van der Waals surface area contributed by atoms with Gasteiger partial charge in [0, 0.05) is 23.7 Å². The summed E-state index contributed by atoms with van der Waals surface area (Å²) in [5.41, 5.74) is 1.30. The molecule has 90 valence electrons. The fourth-order valence-corrected chi connectivity index (χ4v) is 2.20. The lowest BCUT2D eigenvalue weighted by atomic mass is 10.1. The van der Waals surface area contributed by atoms with Crippen LogP contribution in [0.2, 0.25) is 0 Å². The van der Waals surface area contributed by atoms with E-state index in [0.717, 1.165) is 26.2 Å². The van der Waals surface area contributed by atoms with E-state index in [1.54, 1.807) is 0 Å². The first kappa shape index (κ1) is 13.7. The Morgan fingerprint density at radius 1 is 1.38 bits per heavy atom. The number of hydrogen-bond acceptors (Lipinski definition) is 2. The molecule has 1 aromatic carbocycles. The predicted octanol–water partition coefficient (Wildman–Crippen LogP) is 3.53. The van der Waals surface area contributed by atoms with Crippen molar-refractivity contribution >= 4 is 15.9 Å². The molecule has 0 aliphatic rings. The molecule has 0 heterocycles. The van der Waals surface area contributed by atoms with E-state index in [-0.39, 0.29) is 0 Å². The molecule has 0 saturated carbocycles. The van der Waals surface area contributed by atoms with Gasteiger partial charge >= 0.3 is 0 Å². The lowest BCUT2D eigenvalue weighted by Gasteiger charge is -2.15. The Morgan fingerprint density at radius 2 is 2.12 bits per heavy atom. The van der Waals surface area contributed by atoms with Gasteiger partial charge in [0.2, 0.25) is 0 Å². The smallest absolute Gasteiger partial charge is 0.0477 e. The average molecular weight is 286 g/mol. The molecule has 0 amide bonds. The van der Waals surface area contributed by atoms with Crippen molar-refractivity contribution in [2.75, 3.05) is 19.8 Å². The van der Waals surface area contributed by atoms with Crippen molar-refractivity contribution in [1.82, 2.24) is 5.32 Å². The monoisotopic (exact) mass is 285 g/mol. The first-order valence-electron chi connectivity index (χ1n) is 5.81. The van der Waals surface area contributed by atoms with Crippen LogP contribution in [-0.4, -0.2) is 19.8 Å². The molecule has 3 heteroatoms. The summed E-state index contributed by atoms with van der Waals surface area (Å²) in [7, 11) is 0. The molecule has 0 unspecified atom stereocenters. The highest BCUT2D eigenvalue weighted by Crippen LogP contribution is 2.22. The van der Waals surface area contributed by atoms with Crippen molar-refractivity contribution in [2.24, 2.45) is 0 Å². The molecular weight excluding hydrogens is 266 g/mol. The van der Waals surface area contributed by atoms with Gasteiger partial charge in [-0.05, 0) is 38.4 Å². The van der Waals surface area contributed by atoms with Crippen LogP contribution in [0.25, 0.3) is 0 Å². The Labute approximate surface area is 107 Å². The summed E-state index contributed by atoms with van der Waals surface area (Å²) in [6, 6.07) is 8.70. The highest BCUT2D eigenvalue weighted by molar-refractivity contribution is 9.10. The molecule has 0 aromatic heterocycles. The van der Waals surface area contributed by atoms with E-state index in [1.165, 1.54) is 10.0 Å². The van der Waals surface area contributed by atoms with Crippen LogP contribution in [0.5, 0.6) is 0 Å². The van der Waals surface area contributed by atoms with Crippen LogP contribution >= 0.6 is 15.9 Å². The lowest BCUT2D eigenvalue weighted by Crippen LogP contribution is -2.21. The molecule has 1 N–H and O–H groups in total. The van der Waals surface area contributed by atoms with Crippen LogP contribution in [0.4, 0.5) is 0 Å². The second-order valence-electron chi connectivity index (χ2n) is 3.75. The van der Waals surface area contributed by atoms with Gasteiger partial charge < -0.3 is 10.1 Å². The van der Waals surface area contributed by atoms with Crippen molar-refractivity contribution in [2.45, 2.75) is 26.3 Å². The zero-order chi connectivity index (χ0) is 11.8. The predicted molar refractivity (Wildman–Crippen MR) is 71.7 cm³/mol. The molecule has 0 radical (unpaired) electrons. The van der Waals surface area contributed by atoms with E-state index in [9.17, 15) is 0 Å². The highest BCUT2D eigenvalue weighted by Gasteiger charge is 2.06. The van der Waals surface area contributed by atoms with Crippen molar-refractivity contribution in [3.05, 3.63) is 34.3 Å².